The highest BCUT2D eigenvalue weighted by Crippen LogP contribution is 2.33. The van der Waals surface area contributed by atoms with Crippen LogP contribution in [-0.2, 0) is 0 Å². The summed E-state index contributed by atoms with van der Waals surface area (Å²) in [6.07, 6.45) is 0. The summed E-state index contributed by atoms with van der Waals surface area (Å²) in [6, 6.07) is 19.2. The van der Waals surface area contributed by atoms with Crippen molar-refractivity contribution >= 4 is 23.2 Å². The average Bonchev–Trinajstić information content (AvgIpc) is 2.75. The van der Waals surface area contributed by atoms with Crippen LogP contribution in [0.25, 0.3) is 0 Å². The first-order valence-electron chi connectivity index (χ1n) is 9.02. The monoisotopic (exact) mass is 390 g/mol. The number of hydrogen-bond acceptors (Lipinski definition) is 4. The summed E-state index contributed by atoms with van der Waals surface area (Å²) < 4.78 is 10.6. The van der Waals surface area contributed by atoms with Crippen molar-refractivity contribution in [1.82, 2.24) is 0 Å². The fourth-order valence-corrected chi connectivity index (χ4v) is 2.81. The number of aryl methyl sites for hydroxylation is 1. The maximum absolute atomic E-state index is 12.6. The van der Waals surface area contributed by atoms with Gasteiger partial charge in [0, 0.05) is 28.6 Å². The van der Waals surface area contributed by atoms with E-state index in [0.717, 1.165) is 5.56 Å². The standard InChI is InChI=1S/C23H22N2O4/c1-15-13-20(28-2)21(29-3)14-19(15)25-23(27)17-9-11-18(12-10-17)24-22(26)16-7-5-4-6-8-16/h4-14H,1-3H3,(H,24,26)(H,25,27). The van der Waals surface area contributed by atoms with Crippen LogP contribution in [0.3, 0.4) is 0 Å². The molecule has 0 saturated heterocycles. The molecule has 6 nitrogen and oxygen atoms in total. The van der Waals surface area contributed by atoms with Crippen LogP contribution in [0.5, 0.6) is 11.5 Å². The smallest absolute Gasteiger partial charge is 0.255 e. The Morgan fingerprint density at radius 2 is 1.28 bits per heavy atom. The SMILES string of the molecule is COc1cc(C)c(NC(=O)c2ccc(NC(=O)c3ccccc3)cc2)cc1OC. The summed E-state index contributed by atoms with van der Waals surface area (Å²) in [5.74, 6) is 0.666. The maximum atomic E-state index is 12.6. The number of rotatable bonds is 6. The largest absolute Gasteiger partial charge is 0.493 e. The summed E-state index contributed by atoms with van der Waals surface area (Å²) in [6.45, 7) is 1.87. The molecule has 0 heterocycles. The predicted molar refractivity (Wildman–Crippen MR) is 113 cm³/mol. The van der Waals surface area contributed by atoms with E-state index in [1.165, 1.54) is 0 Å². The Morgan fingerprint density at radius 3 is 1.90 bits per heavy atom. The van der Waals surface area contributed by atoms with Crippen LogP contribution in [0.2, 0.25) is 0 Å². The molecule has 0 fully saturated rings. The van der Waals surface area contributed by atoms with Gasteiger partial charge in [-0.2, -0.15) is 0 Å². The molecule has 29 heavy (non-hydrogen) atoms. The third-order valence-electron chi connectivity index (χ3n) is 4.42. The molecule has 0 unspecified atom stereocenters. The summed E-state index contributed by atoms with van der Waals surface area (Å²) in [7, 11) is 3.11. The Balaban J connectivity index is 1.70. The van der Waals surface area contributed by atoms with E-state index in [2.05, 4.69) is 10.6 Å². The zero-order valence-corrected chi connectivity index (χ0v) is 16.5. The van der Waals surface area contributed by atoms with E-state index >= 15 is 0 Å². The lowest BCUT2D eigenvalue weighted by atomic mass is 10.1. The summed E-state index contributed by atoms with van der Waals surface area (Å²) >= 11 is 0. The first-order chi connectivity index (χ1) is 14.0. The van der Waals surface area contributed by atoms with Gasteiger partial charge in [-0.25, -0.2) is 0 Å². The van der Waals surface area contributed by atoms with Gasteiger partial charge >= 0.3 is 0 Å². The molecule has 3 aromatic carbocycles. The Bertz CT molecular complexity index is 1020. The van der Waals surface area contributed by atoms with Crippen molar-refractivity contribution in [3.05, 3.63) is 83.4 Å². The quantitative estimate of drug-likeness (QED) is 0.649. The normalized spacial score (nSPS) is 10.2. The Kier molecular flexibility index (Phi) is 6.14. The number of nitrogens with one attached hydrogen (secondary N) is 2. The minimum absolute atomic E-state index is 0.205. The van der Waals surface area contributed by atoms with E-state index in [4.69, 9.17) is 9.47 Å². The molecule has 0 atom stereocenters. The van der Waals surface area contributed by atoms with E-state index in [9.17, 15) is 9.59 Å². The number of benzene rings is 3. The van der Waals surface area contributed by atoms with E-state index < -0.39 is 0 Å². The highest BCUT2D eigenvalue weighted by atomic mass is 16.5. The minimum Gasteiger partial charge on any atom is -0.493 e. The minimum atomic E-state index is -0.263. The van der Waals surface area contributed by atoms with Crippen LogP contribution >= 0.6 is 0 Å². The molecule has 0 aliphatic rings. The molecule has 148 valence electrons. The topological polar surface area (TPSA) is 76.7 Å². The number of hydrogen-bond donors (Lipinski definition) is 2. The van der Waals surface area contributed by atoms with Crippen LogP contribution in [0.4, 0.5) is 11.4 Å². The van der Waals surface area contributed by atoms with Crippen molar-refractivity contribution < 1.29 is 19.1 Å². The molecule has 0 saturated carbocycles. The third kappa shape index (κ3) is 4.73. The molecule has 3 aromatic rings. The zero-order chi connectivity index (χ0) is 20.8. The second-order valence-electron chi connectivity index (χ2n) is 6.37. The van der Waals surface area contributed by atoms with Gasteiger partial charge in [-0.3, -0.25) is 9.59 Å². The number of carbonyl (C=O) groups excluding carboxylic acids is 2. The van der Waals surface area contributed by atoms with E-state index in [0.29, 0.717) is 34.0 Å². The second-order valence-corrected chi connectivity index (χ2v) is 6.37. The van der Waals surface area contributed by atoms with Crippen LogP contribution in [0.1, 0.15) is 26.3 Å². The molecule has 0 aliphatic carbocycles. The number of carbonyl (C=O) groups is 2. The number of anilines is 2. The maximum Gasteiger partial charge on any atom is 0.255 e. The lowest BCUT2D eigenvalue weighted by Gasteiger charge is -2.14. The van der Waals surface area contributed by atoms with Gasteiger partial charge in [-0.15, -0.1) is 0 Å². The molecule has 6 heteroatoms. The molecule has 3 rings (SSSR count). The molecule has 0 aromatic heterocycles. The second kappa shape index (κ2) is 8.93. The first kappa shape index (κ1) is 19.9. The number of amides is 2. The van der Waals surface area contributed by atoms with Crippen LogP contribution in [0.15, 0.2) is 66.7 Å². The van der Waals surface area contributed by atoms with Gasteiger partial charge in [0.15, 0.2) is 11.5 Å². The molecular formula is C23H22N2O4. The van der Waals surface area contributed by atoms with Gasteiger partial charge in [0.2, 0.25) is 0 Å². The van der Waals surface area contributed by atoms with Gasteiger partial charge in [0.25, 0.3) is 11.8 Å². The summed E-state index contributed by atoms with van der Waals surface area (Å²) in [5.41, 5.74) is 3.13. The average molecular weight is 390 g/mol. The predicted octanol–water partition coefficient (Wildman–Crippen LogP) is 4.52. The van der Waals surface area contributed by atoms with E-state index in [1.807, 2.05) is 13.0 Å². The molecule has 0 spiro atoms. The third-order valence-corrected chi connectivity index (χ3v) is 4.42. The van der Waals surface area contributed by atoms with Crippen molar-refractivity contribution in [2.45, 2.75) is 6.92 Å². The van der Waals surface area contributed by atoms with Gasteiger partial charge in [-0.05, 0) is 55.0 Å². The Morgan fingerprint density at radius 1 is 0.724 bits per heavy atom. The van der Waals surface area contributed by atoms with Crippen molar-refractivity contribution in [2.24, 2.45) is 0 Å². The lowest BCUT2D eigenvalue weighted by Crippen LogP contribution is -2.14. The summed E-state index contributed by atoms with van der Waals surface area (Å²) in [5, 5.41) is 5.69. The van der Waals surface area contributed by atoms with Crippen molar-refractivity contribution in [1.29, 1.82) is 0 Å². The van der Waals surface area contributed by atoms with Gasteiger partial charge in [0.05, 0.1) is 14.2 Å². The fourth-order valence-electron chi connectivity index (χ4n) is 2.81. The number of methoxy groups -OCH3 is 2. The van der Waals surface area contributed by atoms with Crippen LogP contribution < -0.4 is 20.1 Å². The lowest BCUT2D eigenvalue weighted by molar-refractivity contribution is 0.102. The van der Waals surface area contributed by atoms with Crippen molar-refractivity contribution in [3.63, 3.8) is 0 Å². The van der Waals surface area contributed by atoms with Crippen molar-refractivity contribution in [2.75, 3.05) is 24.9 Å². The number of ether oxygens (including phenoxy) is 2. The molecule has 2 N–H and O–H groups in total. The van der Waals surface area contributed by atoms with Crippen LogP contribution in [0, 0.1) is 6.92 Å². The zero-order valence-electron chi connectivity index (χ0n) is 16.5. The molecule has 0 radical (unpaired) electrons. The summed E-state index contributed by atoms with van der Waals surface area (Å²) in [4.78, 5) is 24.8. The van der Waals surface area contributed by atoms with Gasteiger partial charge < -0.3 is 20.1 Å². The van der Waals surface area contributed by atoms with E-state index in [-0.39, 0.29) is 11.8 Å². The highest BCUT2D eigenvalue weighted by molar-refractivity contribution is 6.06. The molecular weight excluding hydrogens is 368 g/mol. The van der Waals surface area contributed by atoms with Gasteiger partial charge in [0.1, 0.15) is 0 Å². The Hall–Kier alpha value is -3.80. The van der Waals surface area contributed by atoms with Crippen LogP contribution in [-0.4, -0.2) is 26.0 Å². The van der Waals surface area contributed by atoms with Gasteiger partial charge in [-0.1, -0.05) is 18.2 Å². The molecule has 0 aliphatic heterocycles. The molecule has 2 amide bonds. The molecule has 0 bridgehead atoms. The highest BCUT2D eigenvalue weighted by Gasteiger charge is 2.13. The van der Waals surface area contributed by atoms with Crippen molar-refractivity contribution in [3.8, 4) is 11.5 Å². The Labute approximate surface area is 169 Å². The van der Waals surface area contributed by atoms with E-state index in [1.54, 1.807) is 74.9 Å². The fraction of sp³-hybridized carbons (Fsp3) is 0.130. The first-order valence-corrected chi connectivity index (χ1v) is 9.02.